The maximum Gasteiger partial charge on any atom is 0.180 e. The number of hydrogen-bond acceptors (Lipinski definition) is 4. The van der Waals surface area contributed by atoms with Crippen LogP contribution in [0.4, 0.5) is 5.13 Å². The minimum absolute atomic E-state index is 0. The van der Waals surface area contributed by atoms with Crippen molar-refractivity contribution in [1.82, 2.24) is 9.88 Å². The summed E-state index contributed by atoms with van der Waals surface area (Å²) in [5.41, 5.74) is 8.77. The quantitative estimate of drug-likeness (QED) is 0.871. The molecule has 2 aliphatic carbocycles. The first kappa shape index (κ1) is 16.7. The molecule has 1 aromatic carbocycles. The van der Waals surface area contributed by atoms with E-state index in [1.54, 1.807) is 16.9 Å². The van der Waals surface area contributed by atoms with Crippen LogP contribution in [0.15, 0.2) is 30.5 Å². The number of aryl methyl sites for hydroxylation is 1. The summed E-state index contributed by atoms with van der Waals surface area (Å²) >= 11 is 1.64. The zero-order valence-electron chi connectivity index (χ0n) is 13.4. The number of hydrogen-bond donors (Lipinski definition) is 1. The molecule has 124 valence electrons. The molecular formula is C18H24ClN3S. The molecule has 0 spiro atoms. The number of aromatic nitrogens is 1. The first-order valence-corrected chi connectivity index (χ1v) is 9.04. The third-order valence-electron chi connectivity index (χ3n) is 5.14. The molecule has 2 saturated carbocycles. The number of rotatable bonds is 5. The van der Waals surface area contributed by atoms with E-state index in [9.17, 15) is 0 Å². The van der Waals surface area contributed by atoms with Gasteiger partial charge in [-0.05, 0) is 49.7 Å². The number of halogens is 1. The summed E-state index contributed by atoms with van der Waals surface area (Å²) in [6.07, 6.45) is 7.28. The maximum absolute atomic E-state index is 5.77. The Morgan fingerprint density at radius 3 is 2.57 bits per heavy atom. The molecule has 0 radical (unpaired) electrons. The number of anilines is 1. The van der Waals surface area contributed by atoms with E-state index in [1.807, 2.05) is 6.20 Å². The molecule has 1 heterocycles. The normalized spacial score (nSPS) is 23.4. The summed E-state index contributed by atoms with van der Waals surface area (Å²) in [4.78, 5) is 8.22. The Kier molecular flexibility index (Phi) is 4.95. The molecule has 0 atom stereocenters. The van der Waals surface area contributed by atoms with Crippen LogP contribution in [0.3, 0.4) is 0 Å². The smallest absolute Gasteiger partial charge is 0.180 e. The fourth-order valence-electron chi connectivity index (χ4n) is 3.70. The molecule has 1 aromatic heterocycles. The van der Waals surface area contributed by atoms with Crippen molar-refractivity contribution in [2.45, 2.75) is 57.2 Å². The molecule has 4 rings (SSSR count). The fraction of sp³-hybridized carbons (Fsp3) is 0.500. The van der Waals surface area contributed by atoms with Crippen molar-refractivity contribution in [2.75, 3.05) is 5.73 Å². The molecule has 2 aliphatic rings. The van der Waals surface area contributed by atoms with Crippen LogP contribution in [0.25, 0.3) is 0 Å². The lowest BCUT2D eigenvalue weighted by molar-refractivity contribution is 0.0938. The van der Waals surface area contributed by atoms with E-state index in [4.69, 9.17) is 5.73 Å². The van der Waals surface area contributed by atoms with E-state index < -0.39 is 0 Å². The van der Waals surface area contributed by atoms with Crippen molar-refractivity contribution in [3.63, 3.8) is 0 Å². The van der Waals surface area contributed by atoms with Gasteiger partial charge in [0, 0.05) is 29.7 Å². The molecule has 5 heteroatoms. The molecule has 0 bridgehead atoms. The highest BCUT2D eigenvalue weighted by Gasteiger charge is 2.41. The third-order valence-corrected chi connectivity index (χ3v) is 5.95. The van der Waals surface area contributed by atoms with Crippen LogP contribution in [-0.4, -0.2) is 22.0 Å². The number of nitrogens with two attached hydrogens (primary N) is 1. The summed E-state index contributed by atoms with van der Waals surface area (Å²) in [5, 5.41) is 0.692. The maximum atomic E-state index is 5.77. The standard InChI is InChI=1S/C18H23N3S.ClH/c1-12-4-2-3-5-17(12)13-8-15(9-13)21(14-6-7-14)11-16-10-20-18(19)22-16;/h2-5,10,13-15H,6-9,11H2,1H3,(H2,19,20);1H. The zero-order valence-corrected chi connectivity index (χ0v) is 15.1. The molecule has 0 unspecified atom stereocenters. The van der Waals surface area contributed by atoms with Gasteiger partial charge < -0.3 is 5.73 Å². The Labute approximate surface area is 148 Å². The minimum Gasteiger partial charge on any atom is -0.375 e. The molecule has 0 aliphatic heterocycles. The van der Waals surface area contributed by atoms with E-state index >= 15 is 0 Å². The van der Waals surface area contributed by atoms with Gasteiger partial charge in [-0.1, -0.05) is 24.3 Å². The highest BCUT2D eigenvalue weighted by Crippen LogP contribution is 2.45. The number of benzene rings is 1. The molecule has 0 saturated heterocycles. The Balaban J connectivity index is 0.00000156. The van der Waals surface area contributed by atoms with Crippen LogP contribution >= 0.6 is 23.7 Å². The lowest BCUT2D eigenvalue weighted by Crippen LogP contribution is -2.44. The van der Waals surface area contributed by atoms with Crippen LogP contribution in [0, 0.1) is 6.92 Å². The van der Waals surface area contributed by atoms with Crippen molar-refractivity contribution >= 4 is 28.9 Å². The lowest BCUT2D eigenvalue weighted by Gasteiger charge is -2.44. The highest BCUT2D eigenvalue weighted by atomic mass is 35.5. The minimum atomic E-state index is 0. The molecule has 0 amide bonds. The molecule has 23 heavy (non-hydrogen) atoms. The summed E-state index contributed by atoms with van der Waals surface area (Å²) in [5.74, 6) is 0.749. The van der Waals surface area contributed by atoms with Crippen LogP contribution in [-0.2, 0) is 6.54 Å². The fourth-order valence-corrected chi connectivity index (χ4v) is 4.39. The van der Waals surface area contributed by atoms with Gasteiger partial charge in [0.1, 0.15) is 0 Å². The highest BCUT2D eigenvalue weighted by molar-refractivity contribution is 7.15. The molecule has 3 nitrogen and oxygen atoms in total. The van der Waals surface area contributed by atoms with Crippen molar-refractivity contribution in [3.05, 3.63) is 46.5 Å². The van der Waals surface area contributed by atoms with Gasteiger partial charge in [-0.25, -0.2) is 4.98 Å². The largest absolute Gasteiger partial charge is 0.375 e. The van der Waals surface area contributed by atoms with Crippen LogP contribution in [0.2, 0.25) is 0 Å². The van der Waals surface area contributed by atoms with Gasteiger partial charge in [0.15, 0.2) is 5.13 Å². The second-order valence-corrected chi connectivity index (χ2v) is 7.89. The van der Waals surface area contributed by atoms with Crippen LogP contribution in [0.5, 0.6) is 0 Å². The third kappa shape index (κ3) is 3.54. The average molecular weight is 350 g/mol. The van der Waals surface area contributed by atoms with E-state index in [0.717, 1.165) is 24.5 Å². The Bertz CT molecular complexity index is 662. The molecule has 2 fully saturated rings. The van der Waals surface area contributed by atoms with Gasteiger partial charge in [0.25, 0.3) is 0 Å². The first-order chi connectivity index (χ1) is 10.7. The molecule has 2 aromatic rings. The van der Waals surface area contributed by atoms with Gasteiger partial charge in [-0.3, -0.25) is 4.90 Å². The number of nitrogen functional groups attached to an aromatic ring is 1. The Morgan fingerprint density at radius 1 is 1.22 bits per heavy atom. The summed E-state index contributed by atoms with van der Waals surface area (Å²) in [7, 11) is 0. The van der Waals surface area contributed by atoms with Crippen molar-refractivity contribution < 1.29 is 0 Å². The predicted molar refractivity (Wildman–Crippen MR) is 99.3 cm³/mol. The van der Waals surface area contributed by atoms with Gasteiger partial charge in [-0.15, -0.1) is 23.7 Å². The van der Waals surface area contributed by atoms with Gasteiger partial charge in [0.05, 0.1) is 0 Å². The van der Waals surface area contributed by atoms with E-state index in [-0.39, 0.29) is 12.4 Å². The van der Waals surface area contributed by atoms with Crippen LogP contribution < -0.4 is 5.73 Å². The van der Waals surface area contributed by atoms with Gasteiger partial charge in [0.2, 0.25) is 0 Å². The predicted octanol–water partition coefficient (Wildman–Crippen LogP) is 4.37. The van der Waals surface area contributed by atoms with Crippen molar-refractivity contribution in [2.24, 2.45) is 0 Å². The van der Waals surface area contributed by atoms with Crippen molar-refractivity contribution in [3.8, 4) is 0 Å². The SMILES string of the molecule is Cc1ccccc1C1CC(N(Cc2cnc(N)s2)C2CC2)C1.Cl. The summed E-state index contributed by atoms with van der Waals surface area (Å²) < 4.78 is 0. The van der Waals surface area contributed by atoms with Gasteiger partial charge >= 0.3 is 0 Å². The molecule has 2 N–H and O–H groups in total. The first-order valence-electron chi connectivity index (χ1n) is 8.22. The Hall–Kier alpha value is -1.10. The van der Waals surface area contributed by atoms with Crippen molar-refractivity contribution in [1.29, 1.82) is 0 Å². The number of nitrogens with zero attached hydrogens (tertiary/aromatic N) is 2. The van der Waals surface area contributed by atoms with E-state index in [0.29, 0.717) is 5.13 Å². The summed E-state index contributed by atoms with van der Waals surface area (Å²) in [6.45, 7) is 3.27. The number of thiazole rings is 1. The second kappa shape index (κ2) is 6.80. The second-order valence-electron chi connectivity index (χ2n) is 6.75. The Morgan fingerprint density at radius 2 is 1.96 bits per heavy atom. The van der Waals surface area contributed by atoms with E-state index in [1.165, 1.54) is 36.1 Å². The topological polar surface area (TPSA) is 42.2 Å². The van der Waals surface area contributed by atoms with E-state index in [2.05, 4.69) is 41.1 Å². The summed E-state index contributed by atoms with van der Waals surface area (Å²) in [6, 6.07) is 10.4. The monoisotopic (exact) mass is 349 g/mol. The molecular weight excluding hydrogens is 326 g/mol. The average Bonchev–Trinajstić information content (AvgIpc) is 3.22. The van der Waals surface area contributed by atoms with Gasteiger partial charge in [-0.2, -0.15) is 0 Å². The van der Waals surface area contributed by atoms with Crippen LogP contribution in [0.1, 0.15) is 47.6 Å². The lowest BCUT2D eigenvalue weighted by atomic mass is 9.73. The zero-order chi connectivity index (χ0) is 15.1.